The molecule has 7 nitrogen and oxygen atoms in total. The second-order valence-electron chi connectivity index (χ2n) is 8.86. The Balaban J connectivity index is 1.46. The lowest BCUT2D eigenvalue weighted by atomic mass is 9.86. The van der Waals surface area contributed by atoms with E-state index in [1.54, 1.807) is 36.3 Å². The molecule has 0 N–H and O–H groups in total. The summed E-state index contributed by atoms with van der Waals surface area (Å²) < 4.78 is 50.1. The fourth-order valence-corrected chi connectivity index (χ4v) is 4.60. The molecule has 1 aliphatic rings. The minimum atomic E-state index is -4.43. The summed E-state index contributed by atoms with van der Waals surface area (Å²) in [4.78, 5) is 13.4. The zero-order chi connectivity index (χ0) is 25.4. The first-order valence-electron chi connectivity index (χ1n) is 11.6. The van der Waals surface area contributed by atoms with Crippen LogP contribution in [0.1, 0.15) is 65.9 Å². The molecule has 0 amide bonds. The van der Waals surface area contributed by atoms with Crippen molar-refractivity contribution in [3.63, 3.8) is 0 Å². The van der Waals surface area contributed by atoms with Crippen LogP contribution in [0.25, 0.3) is 17.8 Å². The largest absolute Gasteiger partial charge is 0.479 e. The van der Waals surface area contributed by atoms with Gasteiger partial charge in [-0.2, -0.15) is 18.3 Å². The van der Waals surface area contributed by atoms with Gasteiger partial charge in [0.15, 0.2) is 5.82 Å². The van der Waals surface area contributed by atoms with Crippen molar-refractivity contribution in [2.45, 2.75) is 44.8 Å². The summed E-state index contributed by atoms with van der Waals surface area (Å²) in [5, 5.41) is 4.59. The fraction of sp³-hybridized carbons (Fsp3) is 0.308. The number of ether oxygens (including phenoxy) is 1. The van der Waals surface area contributed by atoms with Gasteiger partial charge in [0.1, 0.15) is 11.5 Å². The third kappa shape index (κ3) is 4.50. The van der Waals surface area contributed by atoms with Gasteiger partial charge >= 0.3 is 6.18 Å². The molecule has 2 unspecified atom stereocenters. The Kier molecular flexibility index (Phi) is 6.11. The second kappa shape index (κ2) is 9.25. The molecule has 186 valence electrons. The minimum Gasteiger partial charge on any atom is -0.479 e. The average molecular weight is 495 g/mol. The second-order valence-corrected chi connectivity index (χ2v) is 8.86. The summed E-state index contributed by atoms with van der Waals surface area (Å²) in [5.74, 6) is 0.915. The molecule has 2 atom stereocenters. The maximum absolute atomic E-state index is 13.7. The van der Waals surface area contributed by atoms with E-state index in [1.165, 1.54) is 12.1 Å². The first-order valence-corrected chi connectivity index (χ1v) is 11.6. The molecular formula is C26H25F3N6O. The predicted octanol–water partition coefficient (Wildman–Crippen LogP) is 5.85. The number of hydrogen-bond donors (Lipinski definition) is 0. The van der Waals surface area contributed by atoms with Crippen molar-refractivity contribution in [1.29, 1.82) is 0 Å². The molecule has 1 aromatic carbocycles. The molecule has 0 radical (unpaired) electrons. The molecule has 4 heterocycles. The van der Waals surface area contributed by atoms with E-state index in [0.29, 0.717) is 36.1 Å². The van der Waals surface area contributed by atoms with E-state index in [0.717, 1.165) is 17.4 Å². The molecule has 0 saturated carbocycles. The summed E-state index contributed by atoms with van der Waals surface area (Å²) in [6.07, 6.45) is 3.90. The lowest BCUT2D eigenvalue weighted by molar-refractivity contribution is -0.138. The van der Waals surface area contributed by atoms with Gasteiger partial charge in [0.2, 0.25) is 5.88 Å². The van der Waals surface area contributed by atoms with E-state index in [2.05, 4.69) is 20.1 Å². The number of nitrogens with zero attached hydrogens (tertiary/aromatic N) is 6. The van der Waals surface area contributed by atoms with Gasteiger partial charge in [-0.25, -0.2) is 19.6 Å². The summed E-state index contributed by atoms with van der Waals surface area (Å²) >= 11 is 0. The molecule has 0 aliphatic carbocycles. The van der Waals surface area contributed by atoms with Crippen molar-refractivity contribution < 1.29 is 17.9 Å². The number of alkyl halides is 3. The van der Waals surface area contributed by atoms with E-state index < -0.39 is 17.7 Å². The van der Waals surface area contributed by atoms with Gasteiger partial charge < -0.3 is 9.30 Å². The Morgan fingerprint density at radius 1 is 1.06 bits per heavy atom. The van der Waals surface area contributed by atoms with Crippen LogP contribution in [0.15, 0.2) is 48.9 Å². The van der Waals surface area contributed by atoms with Gasteiger partial charge in [-0.3, -0.25) is 0 Å². The minimum absolute atomic E-state index is 0.0417. The van der Waals surface area contributed by atoms with Crippen molar-refractivity contribution >= 4 is 12.2 Å². The van der Waals surface area contributed by atoms with Gasteiger partial charge in [-0.05, 0) is 62.6 Å². The van der Waals surface area contributed by atoms with E-state index in [-0.39, 0.29) is 11.6 Å². The molecular weight excluding hydrogens is 469 g/mol. The molecule has 0 spiro atoms. The summed E-state index contributed by atoms with van der Waals surface area (Å²) in [7, 11) is 1.55. The Labute approximate surface area is 206 Å². The molecule has 4 aromatic rings. The molecule has 1 aliphatic heterocycles. The van der Waals surface area contributed by atoms with Gasteiger partial charge in [0.05, 0.1) is 36.4 Å². The number of halogens is 3. The van der Waals surface area contributed by atoms with E-state index >= 15 is 0 Å². The molecule has 0 saturated heterocycles. The number of aryl methyl sites for hydroxylation is 1. The molecule has 3 aromatic heterocycles. The lowest BCUT2D eigenvalue weighted by Gasteiger charge is -2.28. The Morgan fingerprint density at radius 3 is 2.58 bits per heavy atom. The van der Waals surface area contributed by atoms with E-state index in [4.69, 9.17) is 4.74 Å². The number of aromatic nitrogens is 6. The SMILES string of the molecule is COc1nc(/C=C/c2nc3n(n2)C(C)CCC3c2ccccc2C(F)(F)F)ccc1-n1cnc(C)c1. The third-order valence-corrected chi connectivity index (χ3v) is 6.37. The van der Waals surface area contributed by atoms with Crippen LogP contribution in [0.5, 0.6) is 5.88 Å². The number of rotatable bonds is 5. The first-order chi connectivity index (χ1) is 17.2. The maximum atomic E-state index is 13.7. The van der Waals surface area contributed by atoms with Crippen LogP contribution in [0, 0.1) is 6.92 Å². The van der Waals surface area contributed by atoms with E-state index in [9.17, 15) is 13.2 Å². The lowest BCUT2D eigenvalue weighted by Crippen LogP contribution is -2.23. The highest BCUT2D eigenvalue weighted by Crippen LogP contribution is 2.42. The van der Waals surface area contributed by atoms with Crippen molar-refractivity contribution in [3.8, 4) is 11.6 Å². The van der Waals surface area contributed by atoms with Crippen molar-refractivity contribution in [1.82, 2.24) is 29.3 Å². The average Bonchev–Trinajstić information content (AvgIpc) is 3.49. The van der Waals surface area contributed by atoms with Crippen LogP contribution >= 0.6 is 0 Å². The maximum Gasteiger partial charge on any atom is 0.416 e. The van der Waals surface area contributed by atoms with Crippen LogP contribution in [0.4, 0.5) is 13.2 Å². The van der Waals surface area contributed by atoms with Gasteiger partial charge in [-0.1, -0.05) is 18.2 Å². The number of benzene rings is 1. The monoisotopic (exact) mass is 494 g/mol. The van der Waals surface area contributed by atoms with Crippen LogP contribution in [0.3, 0.4) is 0 Å². The Morgan fingerprint density at radius 2 is 1.86 bits per heavy atom. The van der Waals surface area contributed by atoms with Crippen molar-refractivity contribution in [2.75, 3.05) is 7.11 Å². The Hall–Kier alpha value is -3.95. The number of fused-ring (bicyclic) bond motifs is 1. The number of imidazole rings is 1. The number of hydrogen-bond acceptors (Lipinski definition) is 5. The standard InChI is InChI=1S/C26H25F3N6O/c1-16-14-34(15-30-16)22-12-9-18(31-25(22)36-3)10-13-23-32-24-20(11-8-17(2)35(24)33-23)19-6-4-5-7-21(19)26(27,28)29/h4-7,9-10,12-15,17,20H,8,11H2,1-3H3/b13-10+. The molecule has 0 fully saturated rings. The highest BCUT2D eigenvalue weighted by molar-refractivity contribution is 5.65. The first kappa shape index (κ1) is 23.8. The smallest absolute Gasteiger partial charge is 0.416 e. The van der Waals surface area contributed by atoms with Crippen LogP contribution in [0.2, 0.25) is 0 Å². The Bertz CT molecular complexity index is 1420. The van der Waals surface area contributed by atoms with Gasteiger partial charge in [0.25, 0.3) is 0 Å². The van der Waals surface area contributed by atoms with Crippen LogP contribution in [-0.2, 0) is 6.18 Å². The van der Waals surface area contributed by atoms with Crippen LogP contribution < -0.4 is 4.74 Å². The zero-order valence-electron chi connectivity index (χ0n) is 20.1. The molecule has 5 rings (SSSR count). The molecule has 36 heavy (non-hydrogen) atoms. The number of methoxy groups -OCH3 is 1. The van der Waals surface area contributed by atoms with Gasteiger partial charge in [0, 0.05) is 12.1 Å². The summed E-state index contributed by atoms with van der Waals surface area (Å²) in [6, 6.07) is 9.48. The third-order valence-electron chi connectivity index (χ3n) is 6.37. The highest BCUT2D eigenvalue weighted by atomic mass is 19.4. The highest BCUT2D eigenvalue weighted by Gasteiger charge is 2.38. The van der Waals surface area contributed by atoms with Crippen molar-refractivity contribution in [2.24, 2.45) is 0 Å². The zero-order valence-corrected chi connectivity index (χ0v) is 20.1. The normalized spacial score (nSPS) is 17.9. The fourth-order valence-electron chi connectivity index (χ4n) is 4.60. The quantitative estimate of drug-likeness (QED) is 0.348. The summed E-state index contributed by atoms with van der Waals surface area (Å²) in [6.45, 7) is 3.90. The molecule has 10 heteroatoms. The topological polar surface area (TPSA) is 70.7 Å². The summed E-state index contributed by atoms with van der Waals surface area (Å²) in [5.41, 5.74) is 1.87. The van der Waals surface area contributed by atoms with Crippen LogP contribution in [-0.4, -0.2) is 36.4 Å². The van der Waals surface area contributed by atoms with Crippen molar-refractivity contribution in [3.05, 3.63) is 83.1 Å². The van der Waals surface area contributed by atoms with E-state index in [1.807, 2.05) is 36.7 Å². The predicted molar refractivity (Wildman–Crippen MR) is 129 cm³/mol. The van der Waals surface area contributed by atoms with Gasteiger partial charge in [-0.15, -0.1) is 0 Å². The number of pyridine rings is 1. The molecule has 0 bridgehead atoms.